The monoisotopic (exact) mass is 264 g/mol. The predicted octanol–water partition coefficient (Wildman–Crippen LogP) is 1.51. The number of ether oxygens (including phenoxy) is 2. The molecule has 1 aliphatic heterocycles. The molecule has 1 atom stereocenters. The Morgan fingerprint density at radius 3 is 2.74 bits per heavy atom. The van der Waals surface area contributed by atoms with E-state index in [0.29, 0.717) is 19.3 Å². The largest absolute Gasteiger partial charge is 0.491 e. The quantitative estimate of drug-likeness (QED) is 0.790. The van der Waals surface area contributed by atoms with Crippen LogP contribution in [0, 0.1) is 0 Å². The number of nitrogens with zero attached hydrogens (tertiary/aromatic N) is 1. The van der Waals surface area contributed by atoms with Crippen LogP contribution < -0.4 is 10.1 Å². The SMILES string of the molecule is COCCOc1ccc(CN2CCNC(C)C2)cc1. The van der Waals surface area contributed by atoms with Crippen molar-refractivity contribution in [1.82, 2.24) is 10.2 Å². The van der Waals surface area contributed by atoms with Gasteiger partial charge >= 0.3 is 0 Å². The summed E-state index contributed by atoms with van der Waals surface area (Å²) < 4.78 is 10.5. The fraction of sp³-hybridized carbons (Fsp3) is 0.600. The highest BCUT2D eigenvalue weighted by atomic mass is 16.5. The van der Waals surface area contributed by atoms with E-state index in [-0.39, 0.29) is 0 Å². The molecule has 1 fully saturated rings. The molecular formula is C15H24N2O2. The Hall–Kier alpha value is -1.10. The summed E-state index contributed by atoms with van der Waals surface area (Å²) in [5.41, 5.74) is 1.34. The molecule has 106 valence electrons. The van der Waals surface area contributed by atoms with Gasteiger partial charge in [-0.2, -0.15) is 0 Å². The van der Waals surface area contributed by atoms with Crippen LogP contribution >= 0.6 is 0 Å². The van der Waals surface area contributed by atoms with Gasteiger partial charge < -0.3 is 14.8 Å². The Kier molecular flexibility index (Phi) is 5.63. The maximum atomic E-state index is 5.56. The van der Waals surface area contributed by atoms with Crippen LogP contribution in [0.15, 0.2) is 24.3 Å². The first-order valence-corrected chi connectivity index (χ1v) is 6.94. The highest BCUT2D eigenvalue weighted by Gasteiger charge is 2.15. The second-order valence-corrected chi connectivity index (χ2v) is 5.08. The number of methoxy groups -OCH3 is 1. The van der Waals surface area contributed by atoms with Gasteiger partial charge in [0.25, 0.3) is 0 Å². The summed E-state index contributed by atoms with van der Waals surface area (Å²) >= 11 is 0. The van der Waals surface area contributed by atoms with Crippen LogP contribution in [0.1, 0.15) is 12.5 Å². The summed E-state index contributed by atoms with van der Waals surface area (Å²) in [6.07, 6.45) is 0. The third-order valence-electron chi connectivity index (χ3n) is 3.34. The highest BCUT2D eigenvalue weighted by Crippen LogP contribution is 2.14. The van der Waals surface area contributed by atoms with Crippen LogP contribution in [-0.4, -0.2) is 50.9 Å². The third-order valence-corrected chi connectivity index (χ3v) is 3.34. The minimum Gasteiger partial charge on any atom is -0.491 e. The number of hydrogen-bond donors (Lipinski definition) is 1. The molecule has 1 N–H and O–H groups in total. The van der Waals surface area contributed by atoms with Crippen molar-refractivity contribution >= 4 is 0 Å². The molecule has 0 bridgehead atoms. The molecule has 1 heterocycles. The molecule has 1 aromatic carbocycles. The minimum atomic E-state index is 0.588. The number of benzene rings is 1. The molecule has 4 nitrogen and oxygen atoms in total. The minimum absolute atomic E-state index is 0.588. The molecule has 0 amide bonds. The van der Waals surface area contributed by atoms with Crippen molar-refractivity contribution in [3.63, 3.8) is 0 Å². The van der Waals surface area contributed by atoms with Crippen molar-refractivity contribution in [3.8, 4) is 5.75 Å². The smallest absolute Gasteiger partial charge is 0.119 e. The molecule has 0 radical (unpaired) electrons. The van der Waals surface area contributed by atoms with Crippen LogP contribution in [0.5, 0.6) is 5.75 Å². The lowest BCUT2D eigenvalue weighted by Crippen LogP contribution is -2.48. The Morgan fingerprint density at radius 2 is 2.05 bits per heavy atom. The van der Waals surface area contributed by atoms with E-state index in [1.165, 1.54) is 5.56 Å². The van der Waals surface area contributed by atoms with Crippen molar-refractivity contribution in [2.45, 2.75) is 19.5 Å². The van der Waals surface area contributed by atoms with Gasteiger partial charge in [-0.25, -0.2) is 0 Å². The average molecular weight is 264 g/mol. The molecule has 1 saturated heterocycles. The van der Waals surface area contributed by atoms with Gasteiger partial charge in [0.2, 0.25) is 0 Å². The Balaban J connectivity index is 1.81. The van der Waals surface area contributed by atoms with Crippen molar-refractivity contribution < 1.29 is 9.47 Å². The molecule has 19 heavy (non-hydrogen) atoms. The molecule has 1 unspecified atom stereocenters. The summed E-state index contributed by atoms with van der Waals surface area (Å²) in [6.45, 7) is 7.80. The van der Waals surface area contributed by atoms with Crippen LogP contribution in [0.25, 0.3) is 0 Å². The Morgan fingerprint density at radius 1 is 1.26 bits per heavy atom. The Bertz CT molecular complexity index is 367. The van der Waals surface area contributed by atoms with Gasteiger partial charge in [0.05, 0.1) is 6.61 Å². The molecule has 4 heteroatoms. The Labute approximate surface area is 115 Å². The van der Waals surface area contributed by atoms with Crippen molar-refractivity contribution in [2.75, 3.05) is 40.0 Å². The number of piperazine rings is 1. The number of hydrogen-bond acceptors (Lipinski definition) is 4. The summed E-state index contributed by atoms with van der Waals surface area (Å²) in [5, 5.41) is 3.46. The fourth-order valence-electron chi connectivity index (χ4n) is 2.35. The molecule has 0 aromatic heterocycles. The second-order valence-electron chi connectivity index (χ2n) is 5.08. The third kappa shape index (κ3) is 4.82. The van der Waals surface area contributed by atoms with Gasteiger partial charge in [-0.1, -0.05) is 12.1 Å². The molecule has 0 saturated carbocycles. The molecule has 1 aromatic rings. The zero-order valence-corrected chi connectivity index (χ0v) is 11.9. The maximum absolute atomic E-state index is 5.56. The van der Waals surface area contributed by atoms with Gasteiger partial charge in [-0.3, -0.25) is 4.90 Å². The molecule has 1 aliphatic rings. The summed E-state index contributed by atoms with van der Waals surface area (Å²) in [7, 11) is 1.68. The lowest BCUT2D eigenvalue weighted by molar-refractivity contribution is 0.146. The number of rotatable bonds is 6. The van der Waals surface area contributed by atoms with E-state index >= 15 is 0 Å². The van der Waals surface area contributed by atoms with Crippen LogP contribution in [0.4, 0.5) is 0 Å². The zero-order chi connectivity index (χ0) is 13.5. The average Bonchev–Trinajstić information content (AvgIpc) is 2.41. The van der Waals surface area contributed by atoms with Crippen LogP contribution in [-0.2, 0) is 11.3 Å². The van der Waals surface area contributed by atoms with Gasteiger partial charge in [0.1, 0.15) is 12.4 Å². The van der Waals surface area contributed by atoms with Crippen LogP contribution in [0.2, 0.25) is 0 Å². The lowest BCUT2D eigenvalue weighted by atomic mass is 10.1. The van der Waals surface area contributed by atoms with Crippen molar-refractivity contribution in [2.24, 2.45) is 0 Å². The number of nitrogens with one attached hydrogen (secondary N) is 1. The van der Waals surface area contributed by atoms with E-state index < -0.39 is 0 Å². The first-order chi connectivity index (χ1) is 9.28. The first kappa shape index (κ1) is 14.3. The second kappa shape index (κ2) is 7.48. The predicted molar refractivity (Wildman–Crippen MR) is 76.6 cm³/mol. The van der Waals surface area contributed by atoms with E-state index in [4.69, 9.17) is 9.47 Å². The fourth-order valence-corrected chi connectivity index (χ4v) is 2.35. The highest BCUT2D eigenvalue weighted by molar-refractivity contribution is 5.27. The van der Waals surface area contributed by atoms with Gasteiger partial charge in [-0.15, -0.1) is 0 Å². The normalized spacial score (nSPS) is 20.4. The topological polar surface area (TPSA) is 33.7 Å². The van der Waals surface area contributed by atoms with E-state index in [0.717, 1.165) is 31.9 Å². The van der Waals surface area contributed by atoms with Crippen molar-refractivity contribution in [3.05, 3.63) is 29.8 Å². The molecule has 2 rings (SSSR count). The standard InChI is InChI=1S/C15H24N2O2/c1-13-11-17(8-7-16-13)12-14-3-5-15(6-4-14)19-10-9-18-2/h3-6,13,16H,7-12H2,1-2H3. The van der Waals surface area contributed by atoms with Crippen molar-refractivity contribution in [1.29, 1.82) is 0 Å². The van der Waals surface area contributed by atoms with Gasteiger partial charge in [0, 0.05) is 39.3 Å². The molecular weight excluding hydrogens is 240 g/mol. The molecule has 0 aliphatic carbocycles. The van der Waals surface area contributed by atoms with Gasteiger partial charge in [0.15, 0.2) is 0 Å². The molecule has 0 spiro atoms. The van der Waals surface area contributed by atoms with Gasteiger partial charge in [-0.05, 0) is 24.6 Å². The summed E-state index contributed by atoms with van der Waals surface area (Å²) in [5.74, 6) is 0.912. The summed E-state index contributed by atoms with van der Waals surface area (Å²) in [4.78, 5) is 2.49. The zero-order valence-electron chi connectivity index (χ0n) is 11.9. The van der Waals surface area contributed by atoms with E-state index in [1.54, 1.807) is 7.11 Å². The van der Waals surface area contributed by atoms with E-state index in [1.807, 2.05) is 12.1 Å². The summed E-state index contributed by atoms with van der Waals surface area (Å²) in [6, 6.07) is 8.96. The maximum Gasteiger partial charge on any atom is 0.119 e. The van der Waals surface area contributed by atoms with Crippen LogP contribution in [0.3, 0.4) is 0 Å². The van der Waals surface area contributed by atoms with E-state index in [9.17, 15) is 0 Å². The van der Waals surface area contributed by atoms with E-state index in [2.05, 4.69) is 29.3 Å². The first-order valence-electron chi connectivity index (χ1n) is 6.94. The lowest BCUT2D eigenvalue weighted by Gasteiger charge is -2.31.